The van der Waals surface area contributed by atoms with Gasteiger partial charge < -0.3 is 5.32 Å². The Kier molecular flexibility index (Phi) is 3.49. The molecular weight excluding hydrogens is 264 g/mol. The number of rotatable bonds is 2. The molecule has 0 spiro atoms. The van der Waals surface area contributed by atoms with Gasteiger partial charge in [-0.3, -0.25) is 9.20 Å². The van der Waals surface area contributed by atoms with Crippen molar-refractivity contribution in [3.05, 3.63) is 28.9 Å². The molecule has 0 atom stereocenters. The van der Waals surface area contributed by atoms with Crippen LogP contribution in [-0.2, 0) is 11.3 Å². The Morgan fingerprint density at radius 3 is 2.79 bits per heavy atom. The number of hydrogen-bond donors (Lipinski definition) is 1. The number of aromatic nitrogens is 3. The number of hydrogen-bond acceptors (Lipinski definition) is 3. The van der Waals surface area contributed by atoms with Gasteiger partial charge in [-0.25, -0.2) is 9.97 Å². The topological polar surface area (TPSA) is 59.3 Å². The summed E-state index contributed by atoms with van der Waals surface area (Å²) in [6, 6.07) is 0. The molecule has 0 saturated carbocycles. The Morgan fingerprint density at radius 1 is 1.47 bits per heavy atom. The number of halogens is 1. The van der Waals surface area contributed by atoms with Gasteiger partial charge in [-0.2, -0.15) is 0 Å². The first-order valence-corrected chi connectivity index (χ1v) is 6.45. The average molecular weight is 281 g/mol. The van der Waals surface area contributed by atoms with Gasteiger partial charge in [0.2, 0.25) is 5.91 Å². The molecule has 0 fully saturated rings. The van der Waals surface area contributed by atoms with Crippen LogP contribution < -0.4 is 5.32 Å². The van der Waals surface area contributed by atoms with Crippen LogP contribution >= 0.6 is 11.6 Å². The van der Waals surface area contributed by atoms with Gasteiger partial charge in [0.15, 0.2) is 0 Å². The number of nitrogens with zero attached hydrogens (tertiary/aromatic N) is 3. The van der Waals surface area contributed by atoms with Crippen molar-refractivity contribution in [3.63, 3.8) is 0 Å². The zero-order chi connectivity index (χ0) is 14.2. The van der Waals surface area contributed by atoms with Gasteiger partial charge in [0.1, 0.15) is 16.6 Å². The predicted molar refractivity (Wildman–Crippen MR) is 74.0 cm³/mol. The molecule has 0 aromatic carbocycles. The van der Waals surface area contributed by atoms with Crippen LogP contribution in [0.15, 0.2) is 12.4 Å². The van der Waals surface area contributed by atoms with Gasteiger partial charge in [0, 0.05) is 24.4 Å². The van der Waals surface area contributed by atoms with Crippen LogP contribution in [0.3, 0.4) is 0 Å². The lowest BCUT2D eigenvalue weighted by molar-refractivity contribution is -0.128. The second-order valence-corrected chi connectivity index (χ2v) is 5.84. The molecule has 0 radical (unpaired) electrons. The summed E-state index contributed by atoms with van der Waals surface area (Å²) in [5, 5.41) is 3.24. The van der Waals surface area contributed by atoms with E-state index in [1.54, 1.807) is 6.20 Å². The second kappa shape index (κ2) is 4.81. The van der Waals surface area contributed by atoms with Crippen LogP contribution in [0.5, 0.6) is 0 Å². The maximum absolute atomic E-state index is 11.9. The molecular formula is C13H17ClN4O. The number of nitrogens with one attached hydrogen (secondary N) is 1. The number of amides is 1. The minimum absolute atomic E-state index is 0.0335. The molecule has 6 heteroatoms. The Hall–Kier alpha value is -1.62. The van der Waals surface area contributed by atoms with E-state index in [0.29, 0.717) is 11.7 Å². The highest BCUT2D eigenvalue weighted by atomic mass is 35.5. The van der Waals surface area contributed by atoms with E-state index < -0.39 is 5.41 Å². The molecule has 0 aliphatic rings. The molecule has 2 rings (SSSR count). The van der Waals surface area contributed by atoms with Gasteiger partial charge in [-0.15, -0.1) is 0 Å². The van der Waals surface area contributed by atoms with E-state index in [4.69, 9.17) is 11.6 Å². The number of carbonyl (C=O) groups excluding carboxylic acids is 1. The third-order valence-electron chi connectivity index (χ3n) is 2.88. The monoisotopic (exact) mass is 280 g/mol. The Labute approximate surface area is 117 Å². The fourth-order valence-electron chi connectivity index (χ4n) is 1.73. The Balaban J connectivity index is 2.31. The zero-order valence-electron chi connectivity index (χ0n) is 11.5. The van der Waals surface area contributed by atoms with Gasteiger partial charge in [-0.05, 0) is 6.92 Å². The summed E-state index contributed by atoms with van der Waals surface area (Å²) in [6.45, 7) is 7.77. The first-order chi connectivity index (χ1) is 8.80. The SMILES string of the molecule is Cc1nc(Cl)c(CNC(=O)C(C)(C)C)c2nccn12. The fourth-order valence-corrected chi connectivity index (χ4v) is 2.00. The molecule has 1 N–H and O–H groups in total. The number of carbonyl (C=O) groups is 1. The first kappa shape index (κ1) is 13.8. The van der Waals surface area contributed by atoms with Crippen LogP contribution in [0.25, 0.3) is 5.65 Å². The van der Waals surface area contributed by atoms with E-state index in [0.717, 1.165) is 17.0 Å². The quantitative estimate of drug-likeness (QED) is 0.859. The van der Waals surface area contributed by atoms with Gasteiger partial charge in [-0.1, -0.05) is 32.4 Å². The lowest BCUT2D eigenvalue weighted by atomic mass is 9.96. The van der Waals surface area contributed by atoms with E-state index in [1.165, 1.54) is 0 Å². The van der Waals surface area contributed by atoms with Crippen molar-refractivity contribution < 1.29 is 4.79 Å². The highest BCUT2D eigenvalue weighted by molar-refractivity contribution is 6.30. The minimum Gasteiger partial charge on any atom is -0.351 e. The Morgan fingerprint density at radius 2 is 2.16 bits per heavy atom. The summed E-state index contributed by atoms with van der Waals surface area (Å²) < 4.78 is 1.85. The summed E-state index contributed by atoms with van der Waals surface area (Å²) in [5.41, 5.74) is 1.03. The lowest BCUT2D eigenvalue weighted by Gasteiger charge is -2.18. The third-order valence-corrected chi connectivity index (χ3v) is 3.19. The van der Waals surface area contributed by atoms with Crippen LogP contribution in [0.2, 0.25) is 5.15 Å². The molecule has 2 heterocycles. The average Bonchev–Trinajstić information content (AvgIpc) is 2.76. The minimum atomic E-state index is -0.434. The molecule has 5 nitrogen and oxygen atoms in total. The molecule has 2 aromatic rings. The summed E-state index contributed by atoms with van der Waals surface area (Å²) in [7, 11) is 0. The van der Waals surface area contributed by atoms with E-state index in [1.807, 2.05) is 38.3 Å². The van der Waals surface area contributed by atoms with E-state index >= 15 is 0 Å². The fraction of sp³-hybridized carbons (Fsp3) is 0.462. The predicted octanol–water partition coefficient (Wildman–Crippen LogP) is 2.35. The van der Waals surface area contributed by atoms with E-state index in [9.17, 15) is 4.79 Å². The molecule has 0 saturated heterocycles. The summed E-state index contributed by atoms with van der Waals surface area (Å²) in [6.07, 6.45) is 3.51. The molecule has 0 bridgehead atoms. The largest absolute Gasteiger partial charge is 0.351 e. The van der Waals surface area contributed by atoms with Crippen molar-refractivity contribution in [2.45, 2.75) is 34.2 Å². The van der Waals surface area contributed by atoms with E-state index in [2.05, 4.69) is 15.3 Å². The third kappa shape index (κ3) is 2.71. The smallest absolute Gasteiger partial charge is 0.225 e. The molecule has 2 aromatic heterocycles. The summed E-state index contributed by atoms with van der Waals surface area (Å²) >= 11 is 6.15. The van der Waals surface area contributed by atoms with Crippen molar-refractivity contribution in [2.75, 3.05) is 0 Å². The van der Waals surface area contributed by atoms with Crippen molar-refractivity contribution in [1.29, 1.82) is 0 Å². The van der Waals surface area contributed by atoms with Crippen LogP contribution in [0, 0.1) is 12.3 Å². The van der Waals surface area contributed by atoms with Gasteiger partial charge >= 0.3 is 0 Å². The van der Waals surface area contributed by atoms with Crippen molar-refractivity contribution in [3.8, 4) is 0 Å². The van der Waals surface area contributed by atoms with Crippen LogP contribution in [-0.4, -0.2) is 20.3 Å². The maximum atomic E-state index is 11.9. The Bertz CT molecular complexity index is 627. The highest BCUT2D eigenvalue weighted by Crippen LogP contribution is 2.20. The molecule has 102 valence electrons. The summed E-state index contributed by atoms with van der Waals surface area (Å²) in [5.74, 6) is 0.734. The highest BCUT2D eigenvalue weighted by Gasteiger charge is 2.21. The van der Waals surface area contributed by atoms with Crippen LogP contribution in [0.4, 0.5) is 0 Å². The van der Waals surface area contributed by atoms with Gasteiger partial charge in [0.25, 0.3) is 0 Å². The number of fused-ring (bicyclic) bond motifs is 1. The van der Waals surface area contributed by atoms with Crippen molar-refractivity contribution in [1.82, 2.24) is 19.7 Å². The number of imidazole rings is 1. The molecule has 0 aliphatic heterocycles. The number of aryl methyl sites for hydroxylation is 1. The van der Waals surface area contributed by atoms with Gasteiger partial charge in [0.05, 0.1) is 5.56 Å². The lowest BCUT2D eigenvalue weighted by Crippen LogP contribution is -2.34. The van der Waals surface area contributed by atoms with Crippen molar-refractivity contribution in [2.24, 2.45) is 5.41 Å². The molecule has 0 unspecified atom stereocenters. The summed E-state index contributed by atoms with van der Waals surface area (Å²) in [4.78, 5) is 20.4. The maximum Gasteiger partial charge on any atom is 0.225 e. The molecule has 19 heavy (non-hydrogen) atoms. The standard InChI is InChI=1S/C13H17ClN4O/c1-8-17-10(14)9(11-15-5-6-18(8)11)7-16-12(19)13(2,3)4/h5-6H,7H2,1-4H3,(H,16,19). The first-order valence-electron chi connectivity index (χ1n) is 6.07. The van der Waals surface area contributed by atoms with E-state index in [-0.39, 0.29) is 5.91 Å². The molecule has 1 amide bonds. The normalized spacial score (nSPS) is 11.8. The molecule has 0 aliphatic carbocycles. The second-order valence-electron chi connectivity index (χ2n) is 5.48. The van der Waals surface area contributed by atoms with Crippen molar-refractivity contribution >= 4 is 23.2 Å². The van der Waals surface area contributed by atoms with Crippen LogP contribution in [0.1, 0.15) is 32.2 Å². The zero-order valence-corrected chi connectivity index (χ0v) is 12.2.